The number of aromatic nitrogens is 2. The van der Waals surface area contributed by atoms with Gasteiger partial charge in [-0.15, -0.1) is 0 Å². The van der Waals surface area contributed by atoms with Gasteiger partial charge in [0.05, 0.1) is 17.7 Å². The molecule has 0 spiro atoms. The van der Waals surface area contributed by atoms with Crippen LogP contribution in [0, 0.1) is 0 Å². The van der Waals surface area contributed by atoms with Crippen LogP contribution in [0.2, 0.25) is 0 Å². The van der Waals surface area contributed by atoms with Crippen molar-refractivity contribution in [1.29, 1.82) is 0 Å². The predicted octanol–water partition coefficient (Wildman–Crippen LogP) is 3.39. The molecule has 3 aromatic rings. The molecule has 0 saturated carbocycles. The monoisotopic (exact) mass is 268 g/mol. The number of aryl methyl sites for hydroxylation is 1. The second kappa shape index (κ2) is 4.96. The quantitative estimate of drug-likeness (QED) is 0.684. The molecule has 0 N–H and O–H groups in total. The summed E-state index contributed by atoms with van der Waals surface area (Å²) >= 11 is 0. The Bertz CT molecular complexity index is 790. The summed E-state index contributed by atoms with van der Waals surface area (Å²) in [5.41, 5.74) is 2.54. The van der Waals surface area contributed by atoms with E-state index in [0.717, 1.165) is 28.5 Å². The number of para-hydroxylation sites is 1. The number of hydrogen-bond donors (Lipinski definition) is 0. The molecule has 102 valence electrons. The Hall–Kier alpha value is -2.36. The van der Waals surface area contributed by atoms with E-state index in [9.17, 15) is 4.79 Å². The Morgan fingerprint density at radius 3 is 2.80 bits per heavy atom. The summed E-state index contributed by atoms with van der Waals surface area (Å²) in [6.45, 7) is 5.10. The Kier molecular flexibility index (Phi) is 3.14. The van der Waals surface area contributed by atoms with Crippen LogP contribution in [0.25, 0.3) is 21.9 Å². The van der Waals surface area contributed by atoms with Gasteiger partial charge >= 0.3 is 5.97 Å². The highest BCUT2D eigenvalue weighted by Crippen LogP contribution is 2.28. The molecule has 0 amide bonds. The highest BCUT2D eigenvalue weighted by molar-refractivity contribution is 6.08. The number of rotatable bonds is 3. The zero-order valence-corrected chi connectivity index (χ0v) is 11.6. The van der Waals surface area contributed by atoms with Gasteiger partial charge in [0, 0.05) is 23.5 Å². The van der Waals surface area contributed by atoms with Gasteiger partial charge in [-0.3, -0.25) is 0 Å². The lowest BCUT2D eigenvalue weighted by molar-refractivity contribution is 0.0526. The van der Waals surface area contributed by atoms with Gasteiger partial charge in [-0.2, -0.15) is 0 Å². The number of ether oxygens (including phenoxy) is 1. The standard InChI is InChI=1S/C16H16N2O2/c1-3-18-14-8-6-5-7-12(14)13-9-11(10-17-15(13)18)16(19)20-4-2/h5-10H,3-4H2,1-2H3. The summed E-state index contributed by atoms with van der Waals surface area (Å²) in [4.78, 5) is 16.3. The molecule has 0 unspecified atom stereocenters. The van der Waals surface area contributed by atoms with Crippen LogP contribution in [0.4, 0.5) is 0 Å². The van der Waals surface area contributed by atoms with Gasteiger partial charge in [0.15, 0.2) is 0 Å². The minimum absolute atomic E-state index is 0.324. The molecule has 0 atom stereocenters. The van der Waals surface area contributed by atoms with E-state index < -0.39 is 0 Å². The minimum atomic E-state index is -0.324. The van der Waals surface area contributed by atoms with Crippen LogP contribution in [-0.4, -0.2) is 22.1 Å². The van der Waals surface area contributed by atoms with Crippen LogP contribution in [0.5, 0.6) is 0 Å². The van der Waals surface area contributed by atoms with E-state index in [4.69, 9.17) is 4.74 Å². The maximum Gasteiger partial charge on any atom is 0.339 e. The number of carbonyl (C=O) groups is 1. The van der Waals surface area contributed by atoms with Crippen molar-refractivity contribution in [3.63, 3.8) is 0 Å². The third-order valence-corrected chi connectivity index (χ3v) is 3.43. The SMILES string of the molecule is CCOC(=O)c1cnc2c(c1)c1ccccc1n2CC. The molecule has 0 radical (unpaired) electrons. The number of hydrogen-bond acceptors (Lipinski definition) is 3. The molecule has 3 rings (SSSR count). The smallest absolute Gasteiger partial charge is 0.339 e. The van der Waals surface area contributed by atoms with Crippen molar-refractivity contribution in [2.45, 2.75) is 20.4 Å². The Labute approximate surface area is 117 Å². The van der Waals surface area contributed by atoms with E-state index in [1.807, 2.05) is 18.2 Å². The summed E-state index contributed by atoms with van der Waals surface area (Å²) in [7, 11) is 0. The zero-order chi connectivity index (χ0) is 14.1. The average molecular weight is 268 g/mol. The Morgan fingerprint density at radius 1 is 1.25 bits per heavy atom. The molecule has 0 aliphatic carbocycles. The van der Waals surface area contributed by atoms with Crippen LogP contribution in [0.3, 0.4) is 0 Å². The van der Waals surface area contributed by atoms with Crippen LogP contribution in [0.15, 0.2) is 36.5 Å². The molecule has 4 nitrogen and oxygen atoms in total. The van der Waals surface area contributed by atoms with Crippen LogP contribution in [-0.2, 0) is 11.3 Å². The maximum atomic E-state index is 11.8. The van der Waals surface area contributed by atoms with Crippen molar-refractivity contribution in [3.8, 4) is 0 Å². The molecule has 20 heavy (non-hydrogen) atoms. The Balaban J connectivity index is 2.28. The number of esters is 1. The first-order chi connectivity index (χ1) is 9.76. The van der Waals surface area contributed by atoms with Crippen molar-refractivity contribution < 1.29 is 9.53 Å². The summed E-state index contributed by atoms with van der Waals surface area (Å²) in [6.07, 6.45) is 1.59. The molecule has 1 aromatic carbocycles. The van der Waals surface area contributed by atoms with Gasteiger partial charge in [-0.1, -0.05) is 18.2 Å². The number of carbonyl (C=O) groups excluding carboxylic acids is 1. The van der Waals surface area contributed by atoms with Crippen molar-refractivity contribution in [3.05, 3.63) is 42.1 Å². The molecule has 0 aliphatic rings. The number of pyridine rings is 1. The van der Waals surface area contributed by atoms with Gasteiger partial charge in [0.1, 0.15) is 5.65 Å². The van der Waals surface area contributed by atoms with Crippen LogP contribution in [0.1, 0.15) is 24.2 Å². The van der Waals surface area contributed by atoms with E-state index in [1.54, 1.807) is 13.1 Å². The molecule has 4 heteroatoms. The average Bonchev–Trinajstić information content (AvgIpc) is 2.80. The highest BCUT2D eigenvalue weighted by atomic mass is 16.5. The van der Waals surface area contributed by atoms with Gasteiger partial charge < -0.3 is 9.30 Å². The second-order valence-electron chi connectivity index (χ2n) is 4.58. The summed E-state index contributed by atoms with van der Waals surface area (Å²) in [6, 6.07) is 10.0. The molecule has 2 heterocycles. The van der Waals surface area contributed by atoms with Crippen LogP contribution < -0.4 is 0 Å². The summed E-state index contributed by atoms with van der Waals surface area (Å²) in [5.74, 6) is -0.324. The minimum Gasteiger partial charge on any atom is -0.462 e. The zero-order valence-electron chi connectivity index (χ0n) is 11.6. The molecule has 0 bridgehead atoms. The van der Waals surface area contributed by atoms with Gasteiger partial charge in [0.2, 0.25) is 0 Å². The highest BCUT2D eigenvalue weighted by Gasteiger charge is 2.14. The number of nitrogens with zero attached hydrogens (tertiary/aromatic N) is 2. The molecule has 0 fully saturated rings. The fraction of sp³-hybridized carbons (Fsp3) is 0.250. The number of fused-ring (bicyclic) bond motifs is 3. The van der Waals surface area contributed by atoms with Gasteiger partial charge in [0.25, 0.3) is 0 Å². The first kappa shape index (κ1) is 12.7. The van der Waals surface area contributed by atoms with Crippen molar-refractivity contribution >= 4 is 27.9 Å². The van der Waals surface area contributed by atoms with Crippen molar-refractivity contribution in [2.24, 2.45) is 0 Å². The Morgan fingerprint density at radius 2 is 2.05 bits per heavy atom. The second-order valence-corrected chi connectivity index (χ2v) is 4.58. The van der Waals surface area contributed by atoms with E-state index >= 15 is 0 Å². The topological polar surface area (TPSA) is 44.1 Å². The summed E-state index contributed by atoms with van der Waals surface area (Å²) < 4.78 is 7.19. The van der Waals surface area contributed by atoms with E-state index in [1.165, 1.54) is 0 Å². The molecule has 0 saturated heterocycles. The predicted molar refractivity (Wildman–Crippen MR) is 78.9 cm³/mol. The van der Waals surface area contributed by atoms with Crippen LogP contribution >= 0.6 is 0 Å². The maximum absolute atomic E-state index is 11.8. The van der Waals surface area contributed by atoms with Gasteiger partial charge in [-0.05, 0) is 26.0 Å². The molecule has 2 aromatic heterocycles. The lowest BCUT2D eigenvalue weighted by Crippen LogP contribution is -2.05. The molecular weight excluding hydrogens is 252 g/mol. The largest absolute Gasteiger partial charge is 0.462 e. The van der Waals surface area contributed by atoms with Crippen molar-refractivity contribution in [1.82, 2.24) is 9.55 Å². The van der Waals surface area contributed by atoms with Crippen molar-refractivity contribution in [2.75, 3.05) is 6.61 Å². The lowest BCUT2D eigenvalue weighted by Gasteiger charge is -2.03. The normalized spacial score (nSPS) is 11.1. The van der Waals surface area contributed by atoms with Gasteiger partial charge in [-0.25, -0.2) is 9.78 Å². The molecule has 0 aliphatic heterocycles. The van der Waals surface area contributed by atoms with E-state index in [-0.39, 0.29) is 5.97 Å². The first-order valence-corrected chi connectivity index (χ1v) is 6.80. The summed E-state index contributed by atoms with van der Waals surface area (Å²) in [5, 5.41) is 2.11. The first-order valence-electron chi connectivity index (χ1n) is 6.80. The molecular formula is C16H16N2O2. The van der Waals surface area contributed by atoms with E-state index in [2.05, 4.69) is 28.6 Å². The fourth-order valence-electron chi connectivity index (χ4n) is 2.57. The fourth-order valence-corrected chi connectivity index (χ4v) is 2.57. The third-order valence-electron chi connectivity index (χ3n) is 3.43. The number of benzene rings is 1. The lowest BCUT2D eigenvalue weighted by atomic mass is 10.1. The third kappa shape index (κ3) is 1.84. The van der Waals surface area contributed by atoms with E-state index in [0.29, 0.717) is 12.2 Å².